The number of rotatable bonds is 3. The highest BCUT2D eigenvalue weighted by Crippen LogP contribution is 2.14. The molecule has 1 aromatic rings. The minimum Gasteiger partial charge on any atom is -0.574 e. The van der Waals surface area contributed by atoms with Crippen LogP contribution in [0.25, 0.3) is 5.43 Å². The zero-order valence-electron chi connectivity index (χ0n) is 6.66. The van der Waals surface area contributed by atoms with Crippen molar-refractivity contribution in [1.82, 2.24) is 0 Å². The van der Waals surface area contributed by atoms with Crippen molar-refractivity contribution >= 4 is 5.69 Å². The van der Waals surface area contributed by atoms with Gasteiger partial charge in [0.15, 0.2) is 0 Å². The highest BCUT2D eigenvalue weighted by atomic mass is 16.5. The Labute approximate surface area is 66.3 Å². The minimum atomic E-state index is 0.853. The molecule has 0 saturated carbocycles. The molecule has 11 heavy (non-hydrogen) atoms. The number of hydrogen-bond acceptors (Lipinski definition) is 2. The van der Waals surface area contributed by atoms with Crippen LogP contribution in [0.1, 0.15) is 0 Å². The lowest BCUT2D eigenvalue weighted by Crippen LogP contribution is -1.88. The van der Waals surface area contributed by atoms with Gasteiger partial charge in [-0.3, -0.25) is 0 Å². The molecule has 1 N–H and O–H groups in total. The second-order valence-corrected chi connectivity index (χ2v) is 2.06. The lowest BCUT2D eigenvalue weighted by molar-refractivity contribution is 0.415. The average Bonchev–Trinajstić information content (AvgIpc) is 2.07. The summed E-state index contributed by atoms with van der Waals surface area (Å²) < 4.78 is 4.99. The van der Waals surface area contributed by atoms with Gasteiger partial charge in [0, 0.05) is 5.69 Å². The van der Waals surface area contributed by atoms with Crippen molar-refractivity contribution in [3.8, 4) is 5.75 Å². The van der Waals surface area contributed by atoms with E-state index in [9.17, 15) is 0 Å². The van der Waals surface area contributed by atoms with E-state index >= 15 is 0 Å². The normalized spacial score (nSPS) is 9.27. The van der Waals surface area contributed by atoms with Gasteiger partial charge in [0.2, 0.25) is 0 Å². The van der Waals surface area contributed by atoms with Crippen molar-refractivity contribution in [1.29, 1.82) is 0 Å². The first-order valence-electron chi connectivity index (χ1n) is 3.35. The van der Waals surface area contributed by atoms with Crippen molar-refractivity contribution in [2.75, 3.05) is 19.6 Å². The molecule has 0 heterocycles. The summed E-state index contributed by atoms with van der Waals surface area (Å²) in [5, 5.41) is 0. The van der Waals surface area contributed by atoms with Crippen LogP contribution in [0.2, 0.25) is 0 Å². The van der Waals surface area contributed by atoms with Crippen molar-refractivity contribution in [2.24, 2.45) is 0 Å². The number of anilines is 1. The average molecular weight is 151 g/mol. The van der Waals surface area contributed by atoms with Gasteiger partial charge in [-0.25, -0.2) is 0 Å². The number of nitrogens with one attached hydrogen (secondary N) is 1. The van der Waals surface area contributed by atoms with Crippen molar-refractivity contribution < 1.29 is 4.74 Å². The highest BCUT2D eigenvalue weighted by Gasteiger charge is 1.87. The molecule has 0 atom stereocenters. The van der Waals surface area contributed by atoms with E-state index in [4.69, 9.17) is 4.74 Å². The van der Waals surface area contributed by atoms with E-state index in [1.54, 1.807) is 14.2 Å². The molecule has 60 valence electrons. The van der Waals surface area contributed by atoms with Crippen LogP contribution >= 0.6 is 0 Å². The number of methoxy groups -OCH3 is 1. The Morgan fingerprint density at radius 1 is 1.27 bits per heavy atom. The Morgan fingerprint density at radius 2 is 1.91 bits per heavy atom. The standard InChI is InChI=1S/C8H11N2O/c1-9-10-7-3-5-8(11-2)6-4-7/h3-6,10H,1-2H3/q-1. The van der Waals surface area contributed by atoms with Crippen LogP contribution in [-0.4, -0.2) is 14.2 Å². The van der Waals surface area contributed by atoms with E-state index in [0.717, 1.165) is 11.4 Å². The second kappa shape index (κ2) is 3.83. The molecule has 0 spiro atoms. The van der Waals surface area contributed by atoms with E-state index in [-0.39, 0.29) is 0 Å². The van der Waals surface area contributed by atoms with Gasteiger partial charge in [-0.15, -0.1) is 7.05 Å². The van der Waals surface area contributed by atoms with Crippen molar-refractivity contribution in [2.45, 2.75) is 0 Å². The summed E-state index contributed by atoms with van der Waals surface area (Å²) in [5.74, 6) is 0.853. The van der Waals surface area contributed by atoms with Gasteiger partial charge in [-0.05, 0) is 24.3 Å². The van der Waals surface area contributed by atoms with Crippen LogP contribution in [0.5, 0.6) is 5.75 Å². The van der Waals surface area contributed by atoms with Crippen molar-refractivity contribution in [3.63, 3.8) is 0 Å². The minimum absolute atomic E-state index is 0.853. The summed E-state index contributed by atoms with van der Waals surface area (Å²) in [7, 11) is 3.34. The molecule has 3 heteroatoms. The lowest BCUT2D eigenvalue weighted by Gasteiger charge is -2.16. The van der Waals surface area contributed by atoms with Gasteiger partial charge < -0.3 is 15.6 Å². The summed E-state index contributed by atoms with van der Waals surface area (Å²) in [4.78, 5) is 0. The fraction of sp³-hybridized carbons (Fsp3) is 0.250. The predicted octanol–water partition coefficient (Wildman–Crippen LogP) is 2.03. The smallest absolute Gasteiger partial charge is 0.119 e. The molecule has 3 nitrogen and oxygen atoms in total. The Morgan fingerprint density at radius 3 is 2.36 bits per heavy atom. The van der Waals surface area contributed by atoms with Gasteiger partial charge >= 0.3 is 0 Å². The topological polar surface area (TPSA) is 35.4 Å². The molecule has 0 aromatic heterocycles. The quantitative estimate of drug-likeness (QED) is 0.671. The predicted molar refractivity (Wildman–Crippen MR) is 45.9 cm³/mol. The van der Waals surface area contributed by atoms with Gasteiger partial charge in [0.1, 0.15) is 5.75 Å². The molecular formula is C8H11N2O-. The maximum absolute atomic E-state index is 4.99. The highest BCUT2D eigenvalue weighted by molar-refractivity contribution is 5.47. The summed E-state index contributed by atoms with van der Waals surface area (Å²) in [6, 6.07) is 7.58. The van der Waals surface area contributed by atoms with Gasteiger partial charge in [-0.1, -0.05) is 0 Å². The van der Waals surface area contributed by atoms with Gasteiger partial charge in [0.25, 0.3) is 0 Å². The van der Waals surface area contributed by atoms with E-state index < -0.39 is 0 Å². The second-order valence-electron chi connectivity index (χ2n) is 2.06. The van der Waals surface area contributed by atoms with Gasteiger partial charge in [0.05, 0.1) is 7.11 Å². The molecule has 1 rings (SSSR count). The van der Waals surface area contributed by atoms with Crippen LogP contribution in [0.3, 0.4) is 0 Å². The van der Waals surface area contributed by atoms with E-state index in [1.807, 2.05) is 24.3 Å². The maximum atomic E-state index is 4.99. The summed E-state index contributed by atoms with van der Waals surface area (Å²) in [6.45, 7) is 0. The number of nitrogens with zero attached hydrogens (tertiary/aromatic N) is 1. The van der Waals surface area contributed by atoms with Crippen molar-refractivity contribution in [3.05, 3.63) is 29.7 Å². The van der Waals surface area contributed by atoms with E-state index in [2.05, 4.69) is 10.9 Å². The Bertz CT molecular complexity index is 208. The van der Waals surface area contributed by atoms with Crippen LogP contribution in [0, 0.1) is 0 Å². The first kappa shape index (κ1) is 7.88. The zero-order valence-corrected chi connectivity index (χ0v) is 6.66. The molecule has 0 saturated heterocycles. The zero-order chi connectivity index (χ0) is 8.10. The third kappa shape index (κ3) is 2.13. The van der Waals surface area contributed by atoms with E-state index in [1.165, 1.54) is 0 Å². The Hall–Kier alpha value is -1.22. The monoisotopic (exact) mass is 151 g/mol. The Balaban J connectivity index is 2.66. The van der Waals surface area contributed by atoms with E-state index in [0.29, 0.717) is 0 Å². The summed E-state index contributed by atoms with van der Waals surface area (Å²) >= 11 is 0. The molecule has 0 aliphatic rings. The number of hydrogen-bond donors (Lipinski definition) is 1. The van der Waals surface area contributed by atoms with Crippen LogP contribution in [0.4, 0.5) is 5.69 Å². The molecule has 0 aliphatic carbocycles. The Kier molecular flexibility index (Phi) is 2.74. The molecule has 0 bridgehead atoms. The van der Waals surface area contributed by atoms with Crippen LogP contribution < -0.4 is 10.2 Å². The van der Waals surface area contributed by atoms with Gasteiger partial charge in [-0.2, -0.15) is 0 Å². The molecule has 0 aliphatic heterocycles. The molecular weight excluding hydrogens is 140 g/mol. The van der Waals surface area contributed by atoms with Crippen LogP contribution in [0.15, 0.2) is 24.3 Å². The molecule has 0 radical (unpaired) electrons. The van der Waals surface area contributed by atoms with Crippen LogP contribution in [-0.2, 0) is 0 Å². The fourth-order valence-corrected chi connectivity index (χ4v) is 0.795. The molecule has 0 amide bonds. The lowest BCUT2D eigenvalue weighted by atomic mass is 10.3. The molecule has 1 aromatic carbocycles. The first-order valence-corrected chi connectivity index (χ1v) is 3.35. The summed E-state index contributed by atoms with van der Waals surface area (Å²) in [5.41, 5.74) is 7.56. The fourth-order valence-electron chi connectivity index (χ4n) is 0.795. The summed E-state index contributed by atoms with van der Waals surface area (Å²) in [6.07, 6.45) is 0. The largest absolute Gasteiger partial charge is 0.574 e. The first-order chi connectivity index (χ1) is 5.36. The molecule has 0 fully saturated rings. The SMILES string of the molecule is C[N-]Nc1ccc(OC)cc1. The maximum Gasteiger partial charge on any atom is 0.119 e. The number of ether oxygens (including phenoxy) is 1. The molecule has 0 unspecified atom stereocenters. The third-order valence-electron chi connectivity index (χ3n) is 1.33. The number of benzene rings is 1. The third-order valence-corrected chi connectivity index (χ3v) is 1.33.